The Morgan fingerprint density at radius 3 is 3.00 bits per heavy atom. The molecule has 1 aromatic rings. The van der Waals surface area contributed by atoms with Crippen molar-refractivity contribution in [3.63, 3.8) is 0 Å². The van der Waals surface area contributed by atoms with E-state index in [1.165, 1.54) is 0 Å². The first-order valence-corrected chi connectivity index (χ1v) is 6.57. The van der Waals surface area contributed by atoms with Crippen LogP contribution in [0.1, 0.15) is 12.8 Å². The monoisotopic (exact) mass is 256 g/mol. The van der Waals surface area contributed by atoms with Crippen molar-refractivity contribution >= 4 is 40.6 Å². The van der Waals surface area contributed by atoms with Gasteiger partial charge >= 0.3 is 0 Å². The first kappa shape index (κ1) is 11.6. The summed E-state index contributed by atoms with van der Waals surface area (Å²) < 4.78 is 0. The van der Waals surface area contributed by atoms with Crippen LogP contribution in [0.4, 0.5) is 11.4 Å². The lowest BCUT2D eigenvalue weighted by Gasteiger charge is -2.10. The Bertz CT molecular complexity index is 405. The molecule has 2 rings (SSSR count). The number of thioether (sulfide) groups is 1. The third-order valence-corrected chi connectivity index (χ3v) is 4.19. The third kappa shape index (κ3) is 2.62. The van der Waals surface area contributed by atoms with Crippen molar-refractivity contribution in [1.82, 2.24) is 0 Å². The SMILES string of the molecule is Nc1ccc(NC(=O)C2CCCS2)cc1Cl. The zero-order valence-electron chi connectivity index (χ0n) is 8.70. The molecule has 86 valence electrons. The number of nitrogens with one attached hydrogen (secondary N) is 1. The van der Waals surface area contributed by atoms with Crippen LogP contribution in [0.15, 0.2) is 18.2 Å². The van der Waals surface area contributed by atoms with Gasteiger partial charge in [0.15, 0.2) is 0 Å². The van der Waals surface area contributed by atoms with Crippen LogP contribution in [-0.4, -0.2) is 16.9 Å². The summed E-state index contributed by atoms with van der Waals surface area (Å²) in [5.74, 6) is 1.13. The molecule has 1 fully saturated rings. The summed E-state index contributed by atoms with van der Waals surface area (Å²) in [6.45, 7) is 0. The summed E-state index contributed by atoms with van der Waals surface area (Å²) in [6.07, 6.45) is 2.07. The Labute approximate surface area is 104 Å². The van der Waals surface area contributed by atoms with Crippen LogP contribution in [0.2, 0.25) is 5.02 Å². The Morgan fingerprint density at radius 1 is 1.56 bits per heavy atom. The summed E-state index contributed by atoms with van der Waals surface area (Å²) in [6, 6.07) is 5.13. The maximum Gasteiger partial charge on any atom is 0.237 e. The topological polar surface area (TPSA) is 55.1 Å². The van der Waals surface area contributed by atoms with Gasteiger partial charge in [0.05, 0.1) is 16.0 Å². The smallest absolute Gasteiger partial charge is 0.237 e. The Morgan fingerprint density at radius 2 is 2.38 bits per heavy atom. The van der Waals surface area contributed by atoms with Crippen molar-refractivity contribution in [2.45, 2.75) is 18.1 Å². The molecule has 0 radical (unpaired) electrons. The highest BCUT2D eigenvalue weighted by Gasteiger charge is 2.23. The first-order valence-electron chi connectivity index (χ1n) is 5.14. The van der Waals surface area contributed by atoms with E-state index in [1.807, 2.05) is 0 Å². The fraction of sp³-hybridized carbons (Fsp3) is 0.364. The fourth-order valence-corrected chi connectivity index (χ4v) is 2.95. The number of nitrogen functional groups attached to an aromatic ring is 1. The summed E-state index contributed by atoms with van der Waals surface area (Å²) in [5, 5.41) is 3.40. The zero-order valence-corrected chi connectivity index (χ0v) is 10.3. The molecule has 1 unspecified atom stereocenters. The second-order valence-corrected chi connectivity index (χ2v) is 5.45. The minimum Gasteiger partial charge on any atom is -0.398 e. The number of rotatable bonds is 2. The van der Waals surface area contributed by atoms with Gasteiger partial charge in [-0.15, -0.1) is 11.8 Å². The van der Waals surface area contributed by atoms with Gasteiger partial charge in [-0.1, -0.05) is 11.6 Å². The molecule has 0 aliphatic carbocycles. The molecular weight excluding hydrogens is 244 g/mol. The highest BCUT2D eigenvalue weighted by Crippen LogP contribution is 2.28. The second-order valence-electron chi connectivity index (χ2n) is 3.73. The maximum atomic E-state index is 11.8. The van der Waals surface area contributed by atoms with Gasteiger partial charge in [-0.25, -0.2) is 0 Å². The lowest BCUT2D eigenvalue weighted by Crippen LogP contribution is -2.22. The number of nitrogens with two attached hydrogens (primary N) is 1. The van der Waals surface area contributed by atoms with E-state index < -0.39 is 0 Å². The van der Waals surface area contributed by atoms with E-state index in [2.05, 4.69) is 5.32 Å². The van der Waals surface area contributed by atoms with Crippen LogP contribution < -0.4 is 11.1 Å². The van der Waals surface area contributed by atoms with Crippen molar-refractivity contribution in [1.29, 1.82) is 0 Å². The second kappa shape index (κ2) is 4.97. The van der Waals surface area contributed by atoms with E-state index in [9.17, 15) is 4.79 Å². The zero-order chi connectivity index (χ0) is 11.5. The van der Waals surface area contributed by atoms with Gasteiger partial charge < -0.3 is 11.1 Å². The average molecular weight is 257 g/mol. The minimum atomic E-state index is 0.0586. The molecule has 16 heavy (non-hydrogen) atoms. The predicted molar refractivity (Wildman–Crippen MR) is 70.0 cm³/mol. The van der Waals surface area contributed by atoms with Crippen LogP contribution in [0.5, 0.6) is 0 Å². The number of hydrogen-bond acceptors (Lipinski definition) is 3. The van der Waals surface area contributed by atoms with Crippen molar-refractivity contribution in [2.75, 3.05) is 16.8 Å². The number of halogens is 1. The van der Waals surface area contributed by atoms with Gasteiger partial charge in [0.1, 0.15) is 0 Å². The number of anilines is 2. The lowest BCUT2D eigenvalue weighted by molar-refractivity contribution is -0.115. The van der Waals surface area contributed by atoms with E-state index in [0.29, 0.717) is 16.4 Å². The van der Waals surface area contributed by atoms with Crippen LogP contribution in [0.25, 0.3) is 0 Å². The maximum absolute atomic E-state index is 11.8. The van der Waals surface area contributed by atoms with Crippen LogP contribution in [-0.2, 0) is 4.79 Å². The molecule has 1 aliphatic heterocycles. The number of hydrogen-bond donors (Lipinski definition) is 2. The number of benzene rings is 1. The summed E-state index contributed by atoms with van der Waals surface area (Å²) in [5.41, 5.74) is 6.82. The highest BCUT2D eigenvalue weighted by atomic mass is 35.5. The molecule has 1 heterocycles. The van der Waals surface area contributed by atoms with Gasteiger partial charge in [-0.3, -0.25) is 4.79 Å². The van der Waals surface area contributed by atoms with E-state index >= 15 is 0 Å². The van der Waals surface area contributed by atoms with Gasteiger partial charge in [-0.2, -0.15) is 0 Å². The van der Waals surface area contributed by atoms with Gasteiger partial charge in [0, 0.05) is 5.69 Å². The summed E-state index contributed by atoms with van der Waals surface area (Å²) >= 11 is 7.58. The van der Waals surface area contributed by atoms with E-state index in [4.69, 9.17) is 17.3 Å². The minimum absolute atomic E-state index is 0.0586. The molecule has 1 aromatic carbocycles. The van der Waals surface area contributed by atoms with Gasteiger partial charge in [-0.05, 0) is 36.8 Å². The summed E-state index contributed by atoms with van der Waals surface area (Å²) in [7, 11) is 0. The number of carbonyl (C=O) groups is 1. The lowest BCUT2D eigenvalue weighted by atomic mass is 10.2. The van der Waals surface area contributed by atoms with E-state index in [0.717, 1.165) is 18.6 Å². The Balaban J connectivity index is 2.02. The molecular formula is C11H13ClN2OS. The van der Waals surface area contributed by atoms with E-state index in [1.54, 1.807) is 30.0 Å². The van der Waals surface area contributed by atoms with Crippen molar-refractivity contribution in [3.05, 3.63) is 23.2 Å². The number of carbonyl (C=O) groups excluding carboxylic acids is 1. The quantitative estimate of drug-likeness (QED) is 0.800. The van der Waals surface area contributed by atoms with E-state index in [-0.39, 0.29) is 11.2 Å². The fourth-order valence-electron chi connectivity index (χ4n) is 1.61. The van der Waals surface area contributed by atoms with Gasteiger partial charge in [0.2, 0.25) is 5.91 Å². The molecule has 3 nitrogen and oxygen atoms in total. The van der Waals surface area contributed by atoms with Crippen molar-refractivity contribution in [3.8, 4) is 0 Å². The molecule has 0 bridgehead atoms. The van der Waals surface area contributed by atoms with Gasteiger partial charge in [0.25, 0.3) is 0 Å². The largest absolute Gasteiger partial charge is 0.398 e. The molecule has 1 saturated heterocycles. The molecule has 1 amide bonds. The highest BCUT2D eigenvalue weighted by molar-refractivity contribution is 8.00. The third-order valence-electron chi connectivity index (χ3n) is 2.49. The molecule has 0 aromatic heterocycles. The normalized spacial score (nSPS) is 19.7. The van der Waals surface area contributed by atoms with Crippen molar-refractivity contribution < 1.29 is 4.79 Å². The first-order chi connectivity index (χ1) is 7.66. The summed E-state index contributed by atoms with van der Waals surface area (Å²) in [4.78, 5) is 11.8. The Kier molecular flexibility index (Phi) is 3.61. The van der Waals surface area contributed by atoms with Crippen LogP contribution in [0.3, 0.4) is 0 Å². The standard InChI is InChI=1S/C11H13ClN2OS/c12-8-6-7(3-4-9(8)13)14-11(15)10-2-1-5-16-10/h3-4,6,10H,1-2,5,13H2,(H,14,15). The molecule has 5 heteroatoms. The predicted octanol–water partition coefficient (Wildman–Crippen LogP) is 2.76. The molecule has 1 aliphatic rings. The number of amides is 1. The van der Waals surface area contributed by atoms with Crippen LogP contribution >= 0.6 is 23.4 Å². The van der Waals surface area contributed by atoms with Crippen LogP contribution in [0, 0.1) is 0 Å². The molecule has 0 saturated carbocycles. The molecule has 3 N–H and O–H groups in total. The molecule has 1 atom stereocenters. The average Bonchev–Trinajstić information content (AvgIpc) is 2.77. The molecule has 0 spiro atoms. The van der Waals surface area contributed by atoms with Crippen molar-refractivity contribution in [2.24, 2.45) is 0 Å². The Hall–Kier alpha value is -0.870.